The number of aryl methyl sites for hydroxylation is 2. The third-order valence-electron chi connectivity index (χ3n) is 3.97. The number of nitrogens with zero attached hydrogens (tertiary/aromatic N) is 4. The van der Waals surface area contributed by atoms with Crippen LogP contribution in [-0.4, -0.2) is 21.2 Å². The molecule has 0 saturated heterocycles. The molecule has 7 nitrogen and oxygen atoms in total. The molecule has 1 aliphatic rings. The summed E-state index contributed by atoms with van der Waals surface area (Å²) >= 11 is 0. The van der Waals surface area contributed by atoms with Crippen LogP contribution in [0, 0.1) is 17.0 Å². The van der Waals surface area contributed by atoms with Gasteiger partial charge in [-0.2, -0.15) is 5.10 Å². The Morgan fingerprint density at radius 2 is 2.09 bits per heavy atom. The predicted molar refractivity (Wildman–Crippen MR) is 82.1 cm³/mol. The normalized spacial score (nSPS) is 13.8. The van der Waals surface area contributed by atoms with Gasteiger partial charge in [-0.15, -0.1) is 0 Å². The van der Waals surface area contributed by atoms with Gasteiger partial charge in [0.1, 0.15) is 0 Å². The lowest BCUT2D eigenvalue weighted by Crippen LogP contribution is -2.34. The molecule has 0 saturated carbocycles. The maximum atomic E-state index is 11.7. The van der Waals surface area contributed by atoms with Crippen LogP contribution in [0.5, 0.6) is 0 Å². The second kappa shape index (κ2) is 5.25. The van der Waals surface area contributed by atoms with E-state index in [1.54, 1.807) is 25.2 Å². The zero-order chi connectivity index (χ0) is 15.9. The van der Waals surface area contributed by atoms with Crippen LogP contribution in [0.3, 0.4) is 0 Å². The minimum absolute atomic E-state index is 0.0918. The van der Waals surface area contributed by atoms with Gasteiger partial charge in [0.15, 0.2) is 0 Å². The third kappa shape index (κ3) is 2.45. The minimum atomic E-state index is -0.393. The van der Waals surface area contributed by atoms with Crippen LogP contribution in [0.1, 0.15) is 16.8 Å². The topological polar surface area (TPSA) is 81.3 Å². The molecule has 114 valence electrons. The number of fused-ring (bicyclic) bond motifs is 1. The largest absolute Gasteiger partial charge is 0.367 e. The molecule has 3 rings (SSSR count). The van der Waals surface area contributed by atoms with E-state index in [0.717, 1.165) is 35.5 Å². The van der Waals surface area contributed by atoms with E-state index < -0.39 is 4.92 Å². The summed E-state index contributed by atoms with van der Waals surface area (Å²) < 4.78 is 1.35. The molecule has 0 atom stereocenters. The number of anilines is 1. The van der Waals surface area contributed by atoms with Gasteiger partial charge >= 0.3 is 0 Å². The SMILES string of the molecule is Cc1cc([N+](=O)[O-])ccc1N1CCc2nn(C)c(=O)cc2C1. The van der Waals surface area contributed by atoms with E-state index in [1.165, 1.54) is 10.7 Å². The lowest BCUT2D eigenvalue weighted by molar-refractivity contribution is -0.384. The summed E-state index contributed by atoms with van der Waals surface area (Å²) in [6.07, 6.45) is 0.750. The van der Waals surface area contributed by atoms with Crippen molar-refractivity contribution < 1.29 is 4.92 Å². The first kappa shape index (κ1) is 14.2. The van der Waals surface area contributed by atoms with Gasteiger partial charge in [0.25, 0.3) is 11.2 Å². The van der Waals surface area contributed by atoms with Crippen molar-refractivity contribution in [3.8, 4) is 0 Å². The molecule has 1 aliphatic heterocycles. The van der Waals surface area contributed by atoms with E-state index in [1.807, 2.05) is 6.92 Å². The molecule has 1 aromatic carbocycles. The molecule has 2 heterocycles. The van der Waals surface area contributed by atoms with Gasteiger partial charge in [-0.25, -0.2) is 4.68 Å². The fourth-order valence-corrected chi connectivity index (χ4v) is 2.81. The molecular weight excluding hydrogens is 284 g/mol. The second-order valence-electron chi connectivity index (χ2n) is 5.48. The zero-order valence-corrected chi connectivity index (χ0v) is 12.4. The molecule has 0 unspecified atom stereocenters. The first-order valence-corrected chi connectivity index (χ1v) is 7.02. The van der Waals surface area contributed by atoms with Crippen LogP contribution in [0.2, 0.25) is 0 Å². The number of nitro groups is 1. The number of hydrogen-bond acceptors (Lipinski definition) is 5. The van der Waals surface area contributed by atoms with Crippen molar-refractivity contribution in [1.29, 1.82) is 0 Å². The Labute approximate surface area is 126 Å². The van der Waals surface area contributed by atoms with E-state index in [4.69, 9.17) is 0 Å². The van der Waals surface area contributed by atoms with Gasteiger partial charge in [0.2, 0.25) is 0 Å². The Bertz CT molecular complexity index is 813. The number of hydrogen-bond donors (Lipinski definition) is 0. The van der Waals surface area contributed by atoms with E-state index in [2.05, 4.69) is 10.00 Å². The molecule has 0 radical (unpaired) electrons. The van der Waals surface area contributed by atoms with E-state index in [0.29, 0.717) is 6.54 Å². The number of aromatic nitrogens is 2. The van der Waals surface area contributed by atoms with E-state index >= 15 is 0 Å². The Kier molecular flexibility index (Phi) is 3.40. The standard InChI is InChI=1S/C15H16N4O3/c1-10-7-12(19(21)22)3-4-14(10)18-6-5-13-11(9-18)8-15(20)17(2)16-13/h3-4,7-8H,5-6,9H2,1-2H3. The highest BCUT2D eigenvalue weighted by Gasteiger charge is 2.21. The summed E-state index contributed by atoms with van der Waals surface area (Å²) in [5.41, 5.74) is 3.65. The summed E-state index contributed by atoms with van der Waals surface area (Å²) in [4.78, 5) is 24.3. The van der Waals surface area contributed by atoms with Gasteiger partial charge in [0, 0.05) is 56.0 Å². The smallest absolute Gasteiger partial charge is 0.269 e. The van der Waals surface area contributed by atoms with Crippen molar-refractivity contribution in [3.63, 3.8) is 0 Å². The van der Waals surface area contributed by atoms with E-state index in [9.17, 15) is 14.9 Å². The summed E-state index contributed by atoms with van der Waals surface area (Å²) in [7, 11) is 1.65. The average molecular weight is 300 g/mol. The van der Waals surface area contributed by atoms with Crippen molar-refractivity contribution in [2.45, 2.75) is 19.9 Å². The molecule has 0 aliphatic carbocycles. The maximum Gasteiger partial charge on any atom is 0.269 e. The lowest BCUT2D eigenvalue weighted by Gasteiger charge is -2.31. The van der Waals surface area contributed by atoms with Crippen LogP contribution in [-0.2, 0) is 20.0 Å². The Morgan fingerprint density at radius 1 is 1.32 bits per heavy atom. The summed E-state index contributed by atoms with van der Waals surface area (Å²) in [6, 6.07) is 6.48. The Balaban J connectivity index is 1.93. The molecule has 7 heteroatoms. The summed E-state index contributed by atoms with van der Waals surface area (Å²) in [5, 5.41) is 15.1. The van der Waals surface area contributed by atoms with E-state index in [-0.39, 0.29) is 11.2 Å². The van der Waals surface area contributed by atoms with Crippen molar-refractivity contribution in [1.82, 2.24) is 9.78 Å². The van der Waals surface area contributed by atoms with Crippen LogP contribution in [0.25, 0.3) is 0 Å². The Morgan fingerprint density at radius 3 is 2.77 bits per heavy atom. The first-order valence-electron chi connectivity index (χ1n) is 7.02. The number of rotatable bonds is 2. The molecule has 0 fully saturated rings. The van der Waals surface area contributed by atoms with Crippen LogP contribution in [0.15, 0.2) is 29.1 Å². The van der Waals surface area contributed by atoms with Crippen molar-refractivity contribution >= 4 is 11.4 Å². The van der Waals surface area contributed by atoms with Crippen LogP contribution >= 0.6 is 0 Å². The summed E-state index contributed by atoms with van der Waals surface area (Å²) in [6.45, 7) is 3.23. The highest BCUT2D eigenvalue weighted by atomic mass is 16.6. The van der Waals surface area contributed by atoms with Crippen molar-refractivity contribution in [2.75, 3.05) is 11.4 Å². The fraction of sp³-hybridized carbons (Fsp3) is 0.333. The van der Waals surface area contributed by atoms with Gasteiger partial charge in [-0.05, 0) is 18.6 Å². The van der Waals surface area contributed by atoms with Crippen LogP contribution < -0.4 is 10.5 Å². The van der Waals surface area contributed by atoms with Gasteiger partial charge < -0.3 is 4.90 Å². The van der Waals surface area contributed by atoms with Crippen LogP contribution in [0.4, 0.5) is 11.4 Å². The molecule has 0 bridgehead atoms. The van der Waals surface area contributed by atoms with Crippen molar-refractivity contribution in [2.24, 2.45) is 7.05 Å². The maximum absolute atomic E-state index is 11.7. The number of nitro benzene ring substituents is 1. The predicted octanol–water partition coefficient (Wildman–Crippen LogP) is 1.56. The van der Waals surface area contributed by atoms with Gasteiger partial charge in [-0.1, -0.05) is 0 Å². The molecule has 22 heavy (non-hydrogen) atoms. The fourth-order valence-electron chi connectivity index (χ4n) is 2.81. The first-order chi connectivity index (χ1) is 10.5. The molecule has 2 aromatic rings. The number of non-ortho nitro benzene ring substituents is 1. The Hall–Kier alpha value is -2.70. The molecule has 0 amide bonds. The van der Waals surface area contributed by atoms with Gasteiger partial charge in [-0.3, -0.25) is 14.9 Å². The zero-order valence-electron chi connectivity index (χ0n) is 12.4. The second-order valence-corrected chi connectivity index (χ2v) is 5.48. The highest BCUT2D eigenvalue weighted by molar-refractivity contribution is 5.58. The molecule has 0 spiro atoms. The van der Waals surface area contributed by atoms with Crippen molar-refractivity contribution in [3.05, 3.63) is 61.6 Å². The molecule has 0 N–H and O–H groups in total. The minimum Gasteiger partial charge on any atom is -0.367 e. The summed E-state index contributed by atoms with van der Waals surface area (Å²) in [5.74, 6) is 0. The average Bonchev–Trinajstić information content (AvgIpc) is 2.48. The van der Waals surface area contributed by atoms with Gasteiger partial charge in [0.05, 0.1) is 10.6 Å². The molecule has 1 aromatic heterocycles. The monoisotopic (exact) mass is 300 g/mol. The lowest BCUT2D eigenvalue weighted by atomic mass is 10.0. The highest BCUT2D eigenvalue weighted by Crippen LogP contribution is 2.28. The molecular formula is C15H16N4O3. The quantitative estimate of drug-likeness (QED) is 0.621. The third-order valence-corrected chi connectivity index (χ3v) is 3.97. The number of benzene rings is 1.